The quantitative estimate of drug-likeness (QED) is 0.00613. The van der Waals surface area contributed by atoms with Gasteiger partial charge in [-0.15, -0.1) is 0 Å². The number of aliphatic hydroxyl groups is 1. The average molecular weight is 1430 g/mol. The summed E-state index contributed by atoms with van der Waals surface area (Å²) < 4.78 is 17.4. The summed E-state index contributed by atoms with van der Waals surface area (Å²) in [5.74, 6) is -13.9. The first kappa shape index (κ1) is 74.3. The molecular weight excluding hydrogens is 1360 g/mol. The van der Waals surface area contributed by atoms with Gasteiger partial charge in [0.2, 0.25) is 29.6 Å². The van der Waals surface area contributed by atoms with Crippen molar-refractivity contribution < 1.29 is 92.5 Å². The number of fused-ring (bicyclic) bond motifs is 6. The molecule has 2 aliphatic heterocycles. The van der Waals surface area contributed by atoms with E-state index in [4.69, 9.17) is 36.1 Å². The number of aromatic amines is 1. The first-order valence-corrected chi connectivity index (χ1v) is 33.1. The van der Waals surface area contributed by atoms with Crippen LogP contribution in [-0.2, 0) is 84.3 Å². The predicted octanol–water partition coefficient (Wildman–Crippen LogP) is -0.341. The molecule has 39 heteroatoms. The van der Waals surface area contributed by atoms with Crippen LogP contribution in [0.4, 0.5) is 16.4 Å². The maximum Gasteiger partial charge on any atom is 0.513 e. The number of anilines is 2. The van der Waals surface area contributed by atoms with Crippen molar-refractivity contribution in [1.29, 1.82) is 5.41 Å². The Hall–Kier alpha value is -11.5. The van der Waals surface area contributed by atoms with E-state index >= 15 is 0 Å². The molecule has 6 aromatic rings. The minimum atomic E-state index is -2.01. The molecule has 2 aliphatic rings. The van der Waals surface area contributed by atoms with Crippen LogP contribution in [-0.4, -0.2) is 181 Å². The molecule has 530 valence electrons. The number of nitrogens with two attached hydrogens (primary N) is 2. The van der Waals surface area contributed by atoms with Crippen molar-refractivity contribution in [3.8, 4) is 17.1 Å². The molecule has 37 nitrogen and oxygen atoms in total. The van der Waals surface area contributed by atoms with Crippen LogP contribution in [0.3, 0.4) is 0 Å². The van der Waals surface area contributed by atoms with Crippen LogP contribution in [0.2, 0.25) is 0 Å². The molecule has 4 aromatic heterocycles. The van der Waals surface area contributed by atoms with E-state index < -0.39 is 144 Å². The highest BCUT2D eigenvalue weighted by atomic mass is 33.1. The number of rotatable bonds is 34. The van der Waals surface area contributed by atoms with Crippen molar-refractivity contribution in [2.45, 2.75) is 121 Å². The third-order valence-corrected chi connectivity index (χ3v) is 18.1. The van der Waals surface area contributed by atoms with E-state index in [9.17, 15) is 87.9 Å². The number of H-pyrrole nitrogens is 1. The lowest BCUT2D eigenvalue weighted by Crippen LogP contribution is -2.58. The van der Waals surface area contributed by atoms with Gasteiger partial charge in [0.1, 0.15) is 49.2 Å². The van der Waals surface area contributed by atoms with E-state index in [1.165, 1.54) is 41.1 Å². The van der Waals surface area contributed by atoms with Crippen LogP contribution >= 0.6 is 21.6 Å². The summed E-state index contributed by atoms with van der Waals surface area (Å²) in [4.78, 5) is 187. The minimum absolute atomic E-state index is 0.000309. The number of hydrogen-bond acceptors (Lipinski definition) is 26. The number of nitrogens with zero attached hydrogens (tertiary/aromatic N) is 5. The smallest absolute Gasteiger partial charge is 0.481 e. The number of pyridine rings is 2. The van der Waals surface area contributed by atoms with Gasteiger partial charge in [-0.1, -0.05) is 35.4 Å². The van der Waals surface area contributed by atoms with Crippen LogP contribution in [0, 0.1) is 5.41 Å². The number of ether oxygens (including phenoxy) is 3. The number of aromatic nitrogens is 6. The normalized spacial score (nSPS) is 15.0. The van der Waals surface area contributed by atoms with Crippen LogP contribution in [0.1, 0.15) is 97.1 Å². The topological polar surface area (TPSA) is 583 Å². The lowest BCUT2D eigenvalue weighted by molar-refractivity contribution is -0.172. The van der Waals surface area contributed by atoms with Crippen molar-refractivity contribution in [3.63, 3.8) is 0 Å². The van der Waals surface area contributed by atoms with Crippen LogP contribution < -0.4 is 64.5 Å². The van der Waals surface area contributed by atoms with E-state index in [0.29, 0.717) is 40.1 Å². The van der Waals surface area contributed by atoms with Gasteiger partial charge < -0.3 is 93.0 Å². The Labute approximate surface area is 572 Å². The molecule has 2 unspecified atom stereocenters. The number of amides is 5. The van der Waals surface area contributed by atoms with Crippen LogP contribution in [0.25, 0.3) is 33.5 Å². The second kappa shape index (κ2) is 33.2. The second-order valence-electron chi connectivity index (χ2n) is 22.5. The highest BCUT2D eigenvalue weighted by molar-refractivity contribution is 8.76. The Balaban J connectivity index is 0.812. The molecular formula is C61H68N16O21S2. The zero-order valence-electron chi connectivity index (χ0n) is 53.2. The number of aryl methyl sites for hydroxylation is 1. The van der Waals surface area contributed by atoms with Gasteiger partial charge in [0.25, 0.3) is 17.0 Å². The molecule has 0 saturated heterocycles. The second-order valence-corrected chi connectivity index (χ2v) is 25.1. The number of aliphatic carboxylic acids is 4. The monoisotopic (exact) mass is 1420 g/mol. The Morgan fingerprint density at radius 1 is 0.800 bits per heavy atom. The number of esters is 1. The third-order valence-electron chi connectivity index (χ3n) is 15.7. The summed E-state index contributed by atoms with van der Waals surface area (Å²) >= 11 is 0. The van der Waals surface area contributed by atoms with Crippen molar-refractivity contribution in [2.24, 2.45) is 5.73 Å². The molecule has 2 aromatic carbocycles. The summed E-state index contributed by atoms with van der Waals surface area (Å²) in [6.45, 7) is 3.11. The number of nitrogen functional groups attached to an aromatic ring is 1. The van der Waals surface area contributed by atoms with E-state index in [0.717, 1.165) is 32.7 Å². The predicted molar refractivity (Wildman–Crippen MR) is 354 cm³/mol. The summed E-state index contributed by atoms with van der Waals surface area (Å²) in [5, 5.41) is 75.4. The van der Waals surface area contributed by atoms with Gasteiger partial charge in [-0.2, -0.15) is 4.98 Å². The summed E-state index contributed by atoms with van der Waals surface area (Å²) in [7, 11) is 1.93. The zero-order chi connectivity index (χ0) is 72.7. The van der Waals surface area contributed by atoms with Crippen LogP contribution in [0.5, 0.6) is 5.75 Å². The lowest BCUT2D eigenvalue weighted by Gasteiger charge is -2.31. The van der Waals surface area contributed by atoms with Gasteiger partial charge in [0, 0.05) is 52.2 Å². The average Bonchev–Trinajstić information content (AvgIpc) is 1.52. The molecule has 18 N–H and O–H groups in total. The number of carboxylic acids is 4. The fraction of sp³-hybridized carbons (Fsp3) is 0.377. The molecule has 0 saturated carbocycles. The van der Waals surface area contributed by atoms with Gasteiger partial charge in [0.15, 0.2) is 22.7 Å². The molecule has 0 radical (unpaired) electrons. The Bertz CT molecular complexity index is 4370. The number of hydrogen-bond donors (Lipinski definition) is 16. The van der Waals surface area contributed by atoms with E-state index in [1.807, 2.05) is 6.92 Å². The highest BCUT2D eigenvalue weighted by Crippen LogP contribution is 2.41. The SMILES string of the molecule is CCc1c2c(nc3ccc(OC(=O)OCCSSC[C@@H](NC(=O)[C@H](CC(=O)O)NC(=O)C(CCCNC(=N)N)NC(=O)[C@H](CC(=O)O)NC(=O)CCC(NC(=O)c4ccc(NCc5cnc6nc(N)[nH]c(=O)c6n5)cc4)C(=O)O)C(=O)O)cc13)-c1cc3c(c(=O)n1C2)COC(=O)[C@]3(O)CC. The molecule has 6 atom stereocenters. The maximum absolute atomic E-state index is 13.9. The summed E-state index contributed by atoms with van der Waals surface area (Å²) in [5.41, 5.74) is 12.0. The summed E-state index contributed by atoms with van der Waals surface area (Å²) in [6.07, 6.45) is -3.21. The molecule has 0 spiro atoms. The zero-order valence-corrected chi connectivity index (χ0v) is 54.8. The lowest BCUT2D eigenvalue weighted by atomic mass is 9.86. The van der Waals surface area contributed by atoms with Crippen LogP contribution in [0.15, 0.2) is 64.3 Å². The number of cyclic esters (lactones) is 1. The number of carbonyl (C=O) groups is 11. The largest absolute Gasteiger partial charge is 0.513 e. The molecule has 8 rings (SSSR count). The fourth-order valence-electron chi connectivity index (χ4n) is 10.7. The third kappa shape index (κ3) is 18.6. The number of benzene rings is 2. The number of nitrogens with one attached hydrogen (secondary N) is 9. The number of guanidine groups is 1. The number of carbonyl (C=O) groups excluding carboxylic acids is 7. The standard InChI is InChI=1S/C61H68N16O21S2/c1-3-31-32-18-30(11-12-36(32)70-46-33(31)24-77-42(46)19-35-34(54(77)88)25-97-57(93)61(35,95)4-2)98-60(94)96-16-17-99-100-26-41(56(91)92)74-52(86)40(21-45(81)82)73-50(84)37(6-5-15-65-58(62)63)71-51(85)39(20-44(79)80)69-43(78)14-13-38(55(89)90)72-49(83)27-7-9-28(10-8-27)66-22-29-23-67-48-47(68-29)53(87)76-59(64)75-48/h7-12,18-19,23,37-41,66,95H,3-6,13-17,20-22,24-26H2,1-2H3,(H,69,78)(H,71,85)(H,72,83)(H,73,84)(H,74,86)(H,79,80)(H,81,82)(H,89,90)(H,91,92)(H4,62,63,65)(H3,64,67,75,76,87)/t37?,38?,39-,40-,41+,61-/m0/s1. The number of carboxylic acid groups (broad SMARTS) is 4. The van der Waals surface area contributed by atoms with E-state index in [-0.39, 0.29) is 103 Å². The van der Waals surface area contributed by atoms with Gasteiger partial charge >= 0.3 is 36.0 Å². The highest BCUT2D eigenvalue weighted by Gasteiger charge is 2.46. The Morgan fingerprint density at radius 2 is 1.47 bits per heavy atom. The first-order chi connectivity index (χ1) is 47.6. The molecule has 0 bridgehead atoms. The Morgan fingerprint density at radius 3 is 2.13 bits per heavy atom. The van der Waals surface area contributed by atoms with Gasteiger partial charge in [-0.05, 0) is 86.2 Å². The van der Waals surface area contributed by atoms with Crippen molar-refractivity contribution in [3.05, 3.63) is 109 Å². The van der Waals surface area contributed by atoms with Crippen molar-refractivity contribution >= 4 is 127 Å². The van der Waals surface area contributed by atoms with E-state index in [1.54, 1.807) is 25.1 Å². The molecule has 100 heavy (non-hydrogen) atoms. The van der Waals surface area contributed by atoms with Crippen molar-refractivity contribution in [1.82, 2.24) is 61.4 Å². The fourth-order valence-corrected chi connectivity index (χ4v) is 12.6. The molecule has 0 fully saturated rings. The Kier molecular flexibility index (Phi) is 24.7. The molecule has 0 aliphatic carbocycles. The molecule has 6 heterocycles. The summed E-state index contributed by atoms with van der Waals surface area (Å²) in [6, 6.07) is 2.89. The maximum atomic E-state index is 13.9. The van der Waals surface area contributed by atoms with Crippen molar-refractivity contribution in [2.75, 3.05) is 35.7 Å². The minimum Gasteiger partial charge on any atom is -0.481 e. The van der Waals surface area contributed by atoms with Gasteiger partial charge in [-0.25, -0.2) is 34.1 Å². The first-order valence-electron chi connectivity index (χ1n) is 30.6. The van der Waals surface area contributed by atoms with E-state index in [2.05, 4.69) is 57.2 Å². The van der Waals surface area contributed by atoms with Gasteiger partial charge in [-0.3, -0.25) is 53.5 Å². The van der Waals surface area contributed by atoms with Gasteiger partial charge in [0.05, 0.1) is 60.3 Å². The molecule has 5 amide bonds.